The van der Waals surface area contributed by atoms with Crippen LogP contribution in [0.3, 0.4) is 0 Å². The van der Waals surface area contributed by atoms with Gasteiger partial charge in [0.05, 0.1) is 30.4 Å². The van der Waals surface area contributed by atoms with Gasteiger partial charge in [-0.2, -0.15) is 4.31 Å². The highest BCUT2D eigenvalue weighted by Crippen LogP contribution is 2.20. The molecule has 2 saturated heterocycles. The Morgan fingerprint density at radius 3 is 2.50 bits per heavy atom. The summed E-state index contributed by atoms with van der Waals surface area (Å²) in [6.07, 6.45) is 4.00. The van der Waals surface area contributed by atoms with Gasteiger partial charge < -0.3 is 14.1 Å². The number of hydrogen-bond donors (Lipinski definition) is 0. The van der Waals surface area contributed by atoms with Crippen LogP contribution in [0.5, 0.6) is 0 Å². The van der Waals surface area contributed by atoms with Gasteiger partial charge in [-0.25, -0.2) is 8.42 Å². The molecule has 1 unspecified atom stereocenters. The minimum atomic E-state index is -3.86. The summed E-state index contributed by atoms with van der Waals surface area (Å²) in [5.41, 5.74) is 0.971. The molecule has 8 nitrogen and oxygen atoms in total. The smallest absolute Gasteiger partial charge is 0.243 e. The van der Waals surface area contributed by atoms with Crippen LogP contribution < -0.4 is 0 Å². The van der Waals surface area contributed by atoms with E-state index in [0.29, 0.717) is 25.0 Å². The van der Waals surface area contributed by atoms with Crippen LogP contribution >= 0.6 is 0 Å². The topological polar surface area (TPSA) is 83.3 Å². The SMILES string of the molecule is Cc1ccc(S(=O)(=O)N(CC(=O)N2CCN(CC3CCCO3)CC2)Cc2ccco2)cc1. The molecule has 4 rings (SSSR count). The van der Waals surface area contributed by atoms with E-state index in [2.05, 4.69) is 4.90 Å². The number of nitrogens with zero attached hydrogens (tertiary/aromatic N) is 3. The van der Waals surface area contributed by atoms with Gasteiger partial charge in [-0.05, 0) is 44.0 Å². The highest BCUT2D eigenvalue weighted by atomic mass is 32.2. The summed E-state index contributed by atoms with van der Waals surface area (Å²) in [6.45, 7) is 6.15. The number of piperazine rings is 1. The molecule has 1 atom stereocenters. The molecule has 9 heteroatoms. The highest BCUT2D eigenvalue weighted by molar-refractivity contribution is 7.89. The summed E-state index contributed by atoms with van der Waals surface area (Å²) in [6, 6.07) is 10.1. The lowest BCUT2D eigenvalue weighted by atomic mass is 10.2. The third-order valence-electron chi connectivity index (χ3n) is 6.09. The number of sulfonamides is 1. The predicted molar refractivity (Wildman–Crippen MR) is 119 cm³/mol. The Labute approximate surface area is 189 Å². The van der Waals surface area contributed by atoms with Gasteiger partial charge >= 0.3 is 0 Å². The average Bonchev–Trinajstić information content (AvgIpc) is 3.48. The quantitative estimate of drug-likeness (QED) is 0.599. The zero-order valence-corrected chi connectivity index (χ0v) is 19.3. The maximum absolute atomic E-state index is 13.3. The van der Waals surface area contributed by atoms with Crippen molar-refractivity contribution in [2.24, 2.45) is 0 Å². The first-order chi connectivity index (χ1) is 15.4. The van der Waals surface area contributed by atoms with Crippen molar-refractivity contribution in [3.8, 4) is 0 Å². The molecule has 0 saturated carbocycles. The largest absolute Gasteiger partial charge is 0.468 e. The van der Waals surface area contributed by atoms with Gasteiger partial charge in [-0.1, -0.05) is 17.7 Å². The van der Waals surface area contributed by atoms with Crippen molar-refractivity contribution < 1.29 is 22.4 Å². The lowest BCUT2D eigenvalue weighted by molar-refractivity contribution is -0.133. The molecule has 0 spiro atoms. The molecule has 3 heterocycles. The fraction of sp³-hybridized carbons (Fsp3) is 0.522. The number of carbonyl (C=O) groups excluding carboxylic acids is 1. The van der Waals surface area contributed by atoms with Crippen LogP contribution in [0.15, 0.2) is 52.0 Å². The van der Waals surface area contributed by atoms with Crippen LogP contribution in [0.4, 0.5) is 0 Å². The first-order valence-corrected chi connectivity index (χ1v) is 12.6. The Morgan fingerprint density at radius 2 is 1.88 bits per heavy atom. The highest BCUT2D eigenvalue weighted by Gasteiger charge is 2.31. The van der Waals surface area contributed by atoms with Crippen molar-refractivity contribution in [1.29, 1.82) is 0 Å². The normalized spacial score (nSPS) is 20.2. The molecule has 2 aliphatic heterocycles. The Bertz CT molecular complexity index is 977. The summed E-state index contributed by atoms with van der Waals surface area (Å²) in [5.74, 6) is 0.305. The van der Waals surface area contributed by atoms with Gasteiger partial charge in [0.25, 0.3) is 0 Å². The number of ether oxygens (including phenoxy) is 1. The molecule has 0 bridgehead atoms. The fourth-order valence-corrected chi connectivity index (χ4v) is 5.52. The van der Waals surface area contributed by atoms with Crippen LogP contribution in [0.2, 0.25) is 0 Å². The van der Waals surface area contributed by atoms with Crippen molar-refractivity contribution >= 4 is 15.9 Å². The van der Waals surface area contributed by atoms with Crippen molar-refractivity contribution in [2.75, 3.05) is 45.9 Å². The summed E-state index contributed by atoms with van der Waals surface area (Å²) in [4.78, 5) is 17.3. The van der Waals surface area contributed by atoms with E-state index in [4.69, 9.17) is 9.15 Å². The molecule has 2 aromatic rings. The number of hydrogen-bond acceptors (Lipinski definition) is 6. The second kappa shape index (κ2) is 10.2. The monoisotopic (exact) mass is 461 g/mol. The Hall–Kier alpha value is -2.20. The van der Waals surface area contributed by atoms with Crippen LogP contribution in [0.1, 0.15) is 24.2 Å². The van der Waals surface area contributed by atoms with Crippen molar-refractivity contribution in [3.63, 3.8) is 0 Å². The van der Waals surface area contributed by atoms with Gasteiger partial charge in [-0.3, -0.25) is 9.69 Å². The lowest BCUT2D eigenvalue weighted by Crippen LogP contribution is -2.52. The van der Waals surface area contributed by atoms with Crippen LogP contribution in [-0.4, -0.2) is 80.4 Å². The van der Waals surface area contributed by atoms with Crippen LogP contribution in [0.25, 0.3) is 0 Å². The number of aryl methyl sites for hydroxylation is 1. The maximum Gasteiger partial charge on any atom is 0.243 e. The number of furan rings is 1. The lowest BCUT2D eigenvalue weighted by Gasteiger charge is -2.36. The maximum atomic E-state index is 13.3. The zero-order chi connectivity index (χ0) is 22.6. The molecule has 174 valence electrons. The molecular formula is C23H31N3O5S. The van der Waals surface area contributed by atoms with Crippen molar-refractivity contribution in [1.82, 2.24) is 14.1 Å². The van der Waals surface area contributed by atoms with Crippen molar-refractivity contribution in [3.05, 3.63) is 54.0 Å². The Morgan fingerprint density at radius 1 is 1.12 bits per heavy atom. The molecule has 0 N–H and O–H groups in total. The van der Waals surface area contributed by atoms with E-state index in [1.54, 1.807) is 41.3 Å². The molecule has 1 aromatic carbocycles. The van der Waals surface area contributed by atoms with E-state index in [0.717, 1.165) is 44.6 Å². The average molecular weight is 462 g/mol. The first-order valence-electron chi connectivity index (χ1n) is 11.1. The predicted octanol–water partition coefficient (Wildman–Crippen LogP) is 2.10. The van der Waals surface area contributed by atoms with Gasteiger partial charge in [0.2, 0.25) is 15.9 Å². The summed E-state index contributed by atoms with van der Waals surface area (Å²) < 4.78 is 38.9. The van der Waals surface area contributed by atoms with E-state index < -0.39 is 10.0 Å². The van der Waals surface area contributed by atoms with E-state index >= 15 is 0 Å². The molecular weight excluding hydrogens is 430 g/mol. The zero-order valence-electron chi connectivity index (χ0n) is 18.5. The van der Waals surface area contributed by atoms with Gasteiger partial charge in [0.1, 0.15) is 5.76 Å². The molecule has 0 radical (unpaired) electrons. The summed E-state index contributed by atoms with van der Waals surface area (Å²) in [5, 5.41) is 0. The first kappa shape index (κ1) is 23.0. The minimum absolute atomic E-state index is 0.00787. The number of amides is 1. The van der Waals surface area contributed by atoms with Crippen LogP contribution in [0, 0.1) is 6.92 Å². The number of benzene rings is 1. The molecule has 2 aliphatic rings. The Balaban J connectivity index is 1.41. The molecule has 0 aliphatic carbocycles. The Kier molecular flexibility index (Phi) is 7.30. The fourth-order valence-electron chi connectivity index (χ4n) is 4.17. The second-order valence-electron chi connectivity index (χ2n) is 8.48. The van der Waals surface area contributed by atoms with Crippen LogP contribution in [-0.2, 0) is 26.1 Å². The third-order valence-corrected chi connectivity index (χ3v) is 7.90. The van der Waals surface area contributed by atoms with Gasteiger partial charge in [0, 0.05) is 39.3 Å². The standard InChI is InChI=1S/C23H31N3O5S/c1-19-6-8-22(9-7-19)32(28,29)26(17-21-5-3-15-31-21)18-23(27)25-12-10-24(11-13-25)16-20-4-2-14-30-20/h3,5-9,15,20H,2,4,10-14,16-18H2,1H3. The summed E-state index contributed by atoms with van der Waals surface area (Å²) >= 11 is 0. The summed E-state index contributed by atoms with van der Waals surface area (Å²) in [7, 11) is -3.86. The van der Waals surface area contributed by atoms with Gasteiger partial charge in [0.15, 0.2) is 0 Å². The van der Waals surface area contributed by atoms with Gasteiger partial charge in [-0.15, -0.1) is 0 Å². The van der Waals surface area contributed by atoms with E-state index in [-0.39, 0.29) is 23.9 Å². The molecule has 1 aromatic heterocycles. The van der Waals surface area contributed by atoms with E-state index in [1.807, 2.05) is 6.92 Å². The van der Waals surface area contributed by atoms with E-state index in [9.17, 15) is 13.2 Å². The van der Waals surface area contributed by atoms with E-state index in [1.165, 1.54) is 10.6 Å². The minimum Gasteiger partial charge on any atom is -0.468 e. The number of carbonyl (C=O) groups is 1. The van der Waals surface area contributed by atoms with Crippen molar-refractivity contribution in [2.45, 2.75) is 37.3 Å². The molecule has 1 amide bonds. The third kappa shape index (κ3) is 5.58. The second-order valence-corrected chi connectivity index (χ2v) is 10.4. The molecule has 2 fully saturated rings. The molecule has 32 heavy (non-hydrogen) atoms. The number of rotatable bonds is 8.